The smallest absolute Gasteiger partial charge is 0.236 e. The minimum absolute atomic E-state index is 0.00632. The molecule has 0 aromatic rings. The molecule has 2 unspecified atom stereocenters. The van der Waals surface area contributed by atoms with Crippen LogP contribution in [0.5, 0.6) is 0 Å². The van der Waals surface area contributed by atoms with Crippen molar-refractivity contribution in [3.05, 3.63) is 0 Å². The SMILES string of the molecule is CCCCCCCCCCCCCCCCNC(=O)C(N)CCCC(N)CCCC. The summed E-state index contributed by atoms with van der Waals surface area (Å²) in [5.41, 5.74) is 12.1. The van der Waals surface area contributed by atoms with Crippen LogP contribution in [0.4, 0.5) is 0 Å². The van der Waals surface area contributed by atoms with Gasteiger partial charge >= 0.3 is 0 Å². The van der Waals surface area contributed by atoms with E-state index in [1.807, 2.05) is 0 Å². The van der Waals surface area contributed by atoms with Crippen molar-refractivity contribution in [2.24, 2.45) is 11.5 Å². The van der Waals surface area contributed by atoms with Crippen molar-refractivity contribution in [2.75, 3.05) is 6.54 Å². The van der Waals surface area contributed by atoms with Crippen LogP contribution in [0.25, 0.3) is 0 Å². The monoisotopic (exact) mass is 425 g/mol. The van der Waals surface area contributed by atoms with E-state index in [0.717, 1.165) is 38.6 Å². The molecule has 2 atom stereocenters. The molecule has 30 heavy (non-hydrogen) atoms. The van der Waals surface area contributed by atoms with Gasteiger partial charge in [0.1, 0.15) is 0 Å². The van der Waals surface area contributed by atoms with E-state index < -0.39 is 0 Å². The zero-order chi connectivity index (χ0) is 22.3. The van der Waals surface area contributed by atoms with Crippen LogP contribution < -0.4 is 16.8 Å². The lowest BCUT2D eigenvalue weighted by Gasteiger charge is -2.14. The zero-order valence-electron chi connectivity index (χ0n) is 20.6. The first-order chi connectivity index (χ1) is 14.6. The number of carbonyl (C=O) groups is 1. The maximum atomic E-state index is 12.1. The van der Waals surface area contributed by atoms with Crippen molar-refractivity contribution in [1.82, 2.24) is 5.32 Å². The second kappa shape index (κ2) is 23.1. The highest BCUT2D eigenvalue weighted by Gasteiger charge is 2.13. The molecule has 0 aromatic heterocycles. The van der Waals surface area contributed by atoms with Gasteiger partial charge in [-0.05, 0) is 32.1 Å². The van der Waals surface area contributed by atoms with E-state index in [1.54, 1.807) is 0 Å². The van der Waals surface area contributed by atoms with Crippen LogP contribution in [0.1, 0.15) is 142 Å². The molecule has 0 rings (SSSR count). The molecule has 0 saturated carbocycles. The molecule has 5 N–H and O–H groups in total. The first-order valence-corrected chi connectivity index (χ1v) is 13.4. The highest BCUT2D eigenvalue weighted by molar-refractivity contribution is 5.81. The molecule has 0 aliphatic heterocycles. The number of rotatable bonds is 23. The molecule has 0 saturated heterocycles. The highest BCUT2D eigenvalue weighted by Crippen LogP contribution is 2.13. The first kappa shape index (κ1) is 29.4. The molecule has 0 bridgehead atoms. The Morgan fingerprint density at radius 1 is 0.600 bits per heavy atom. The molecular weight excluding hydrogens is 370 g/mol. The summed E-state index contributed by atoms with van der Waals surface area (Å²) in [6, 6.07) is -0.120. The van der Waals surface area contributed by atoms with E-state index in [1.165, 1.54) is 96.3 Å². The normalized spacial score (nSPS) is 13.3. The largest absolute Gasteiger partial charge is 0.355 e. The van der Waals surface area contributed by atoms with Gasteiger partial charge in [-0.1, -0.05) is 110 Å². The molecular formula is C26H55N3O. The summed E-state index contributed by atoms with van der Waals surface area (Å²) in [6.07, 6.45) is 25.1. The van der Waals surface area contributed by atoms with Crippen molar-refractivity contribution in [2.45, 2.75) is 154 Å². The lowest BCUT2D eigenvalue weighted by molar-refractivity contribution is -0.122. The third kappa shape index (κ3) is 20.7. The van der Waals surface area contributed by atoms with Crippen LogP contribution in [0.3, 0.4) is 0 Å². The number of nitrogens with two attached hydrogens (primary N) is 2. The van der Waals surface area contributed by atoms with Gasteiger partial charge in [0.25, 0.3) is 0 Å². The van der Waals surface area contributed by atoms with Crippen molar-refractivity contribution in [1.29, 1.82) is 0 Å². The van der Waals surface area contributed by atoms with E-state index in [-0.39, 0.29) is 18.0 Å². The van der Waals surface area contributed by atoms with Gasteiger partial charge in [-0.15, -0.1) is 0 Å². The second-order valence-electron chi connectivity index (χ2n) is 9.33. The maximum absolute atomic E-state index is 12.1. The Kier molecular flexibility index (Phi) is 22.6. The summed E-state index contributed by atoms with van der Waals surface area (Å²) in [5.74, 6) is 0.00632. The van der Waals surface area contributed by atoms with Gasteiger partial charge in [0.2, 0.25) is 5.91 Å². The van der Waals surface area contributed by atoms with E-state index in [0.29, 0.717) is 0 Å². The van der Waals surface area contributed by atoms with Crippen molar-refractivity contribution in [3.63, 3.8) is 0 Å². The number of hydrogen-bond donors (Lipinski definition) is 3. The summed E-state index contributed by atoms with van der Waals surface area (Å²) < 4.78 is 0. The number of hydrogen-bond acceptors (Lipinski definition) is 3. The average Bonchev–Trinajstić information content (AvgIpc) is 2.74. The Hall–Kier alpha value is -0.610. The molecule has 4 nitrogen and oxygen atoms in total. The van der Waals surface area contributed by atoms with Crippen molar-refractivity contribution in [3.8, 4) is 0 Å². The lowest BCUT2D eigenvalue weighted by atomic mass is 10.0. The van der Waals surface area contributed by atoms with Gasteiger partial charge in [-0.25, -0.2) is 0 Å². The minimum atomic E-state index is -0.380. The Labute approximate surface area is 188 Å². The van der Waals surface area contributed by atoms with Crippen LogP contribution >= 0.6 is 0 Å². The maximum Gasteiger partial charge on any atom is 0.236 e. The Morgan fingerprint density at radius 3 is 1.53 bits per heavy atom. The summed E-state index contributed by atoms with van der Waals surface area (Å²) in [7, 11) is 0. The minimum Gasteiger partial charge on any atom is -0.355 e. The Bertz CT molecular complexity index is 362. The lowest BCUT2D eigenvalue weighted by Crippen LogP contribution is -2.41. The van der Waals surface area contributed by atoms with Gasteiger partial charge < -0.3 is 16.8 Å². The molecule has 1 amide bonds. The fraction of sp³-hybridized carbons (Fsp3) is 0.962. The first-order valence-electron chi connectivity index (χ1n) is 13.4. The third-order valence-corrected chi connectivity index (χ3v) is 6.18. The van der Waals surface area contributed by atoms with Crippen LogP contribution in [-0.2, 0) is 4.79 Å². The number of unbranched alkanes of at least 4 members (excludes halogenated alkanes) is 14. The van der Waals surface area contributed by atoms with Crippen LogP contribution in [0.2, 0.25) is 0 Å². The van der Waals surface area contributed by atoms with E-state index >= 15 is 0 Å². The highest BCUT2D eigenvalue weighted by atomic mass is 16.2. The Balaban J connectivity index is 3.34. The molecule has 0 radical (unpaired) electrons. The predicted octanol–water partition coefficient (Wildman–Crippen LogP) is 6.60. The molecule has 180 valence electrons. The molecule has 0 aliphatic carbocycles. The topological polar surface area (TPSA) is 81.1 Å². The summed E-state index contributed by atoms with van der Waals surface area (Å²) in [5, 5.41) is 3.00. The zero-order valence-corrected chi connectivity index (χ0v) is 20.6. The van der Waals surface area contributed by atoms with E-state index in [9.17, 15) is 4.79 Å². The van der Waals surface area contributed by atoms with Gasteiger partial charge in [0, 0.05) is 12.6 Å². The number of carbonyl (C=O) groups excluding carboxylic acids is 1. The predicted molar refractivity (Wildman–Crippen MR) is 133 cm³/mol. The summed E-state index contributed by atoms with van der Waals surface area (Å²) in [4.78, 5) is 12.1. The molecule has 0 aromatic carbocycles. The van der Waals surface area contributed by atoms with Crippen molar-refractivity contribution < 1.29 is 4.79 Å². The fourth-order valence-electron chi connectivity index (χ4n) is 4.00. The average molecular weight is 426 g/mol. The van der Waals surface area contributed by atoms with Gasteiger partial charge in [-0.3, -0.25) is 4.79 Å². The standard InChI is InChI=1S/C26H55N3O/c1-3-5-7-8-9-10-11-12-13-14-15-16-17-18-23-29-26(30)25(28)22-19-21-24(27)20-6-4-2/h24-25H,3-23,27-28H2,1-2H3,(H,29,30). The molecule has 4 heteroatoms. The molecule has 0 aliphatic rings. The van der Waals surface area contributed by atoms with E-state index in [2.05, 4.69) is 19.2 Å². The van der Waals surface area contributed by atoms with Crippen LogP contribution in [0, 0.1) is 0 Å². The van der Waals surface area contributed by atoms with Gasteiger partial charge in [-0.2, -0.15) is 0 Å². The van der Waals surface area contributed by atoms with Crippen LogP contribution in [0.15, 0.2) is 0 Å². The Morgan fingerprint density at radius 2 is 1.03 bits per heavy atom. The molecule has 0 fully saturated rings. The molecule has 0 spiro atoms. The summed E-state index contributed by atoms with van der Waals surface area (Å²) >= 11 is 0. The number of amides is 1. The van der Waals surface area contributed by atoms with Crippen LogP contribution in [-0.4, -0.2) is 24.5 Å². The molecule has 0 heterocycles. The fourth-order valence-corrected chi connectivity index (χ4v) is 4.00. The van der Waals surface area contributed by atoms with Gasteiger partial charge in [0.05, 0.1) is 6.04 Å². The quantitative estimate of drug-likeness (QED) is 0.161. The van der Waals surface area contributed by atoms with E-state index in [4.69, 9.17) is 11.5 Å². The summed E-state index contributed by atoms with van der Waals surface area (Å²) in [6.45, 7) is 5.23. The third-order valence-electron chi connectivity index (χ3n) is 6.18. The number of nitrogens with one attached hydrogen (secondary N) is 1. The van der Waals surface area contributed by atoms with Gasteiger partial charge in [0.15, 0.2) is 0 Å². The van der Waals surface area contributed by atoms with Crippen molar-refractivity contribution >= 4 is 5.91 Å². The second-order valence-corrected chi connectivity index (χ2v) is 9.33.